The van der Waals surface area contributed by atoms with Gasteiger partial charge < -0.3 is 15.4 Å². The lowest BCUT2D eigenvalue weighted by atomic mass is 10.0. The highest BCUT2D eigenvalue weighted by Crippen LogP contribution is 2.32. The van der Waals surface area contributed by atoms with Crippen LogP contribution in [0.2, 0.25) is 0 Å². The average Bonchev–Trinajstić information content (AvgIpc) is 3.04. The maximum absolute atomic E-state index is 14.3. The lowest BCUT2D eigenvalue weighted by Crippen LogP contribution is -2.35. The Kier molecular flexibility index (Phi) is 8.13. The van der Waals surface area contributed by atoms with Crippen LogP contribution in [0.3, 0.4) is 0 Å². The second kappa shape index (κ2) is 12.2. The van der Waals surface area contributed by atoms with Gasteiger partial charge in [-0.05, 0) is 73.4 Å². The van der Waals surface area contributed by atoms with Crippen molar-refractivity contribution in [1.29, 1.82) is 0 Å². The third-order valence-corrected chi connectivity index (χ3v) is 9.09. The van der Waals surface area contributed by atoms with Gasteiger partial charge in [0.1, 0.15) is 22.2 Å². The quantitative estimate of drug-likeness (QED) is 0.258. The minimum Gasteiger partial charge on any atom is -0.480 e. The van der Waals surface area contributed by atoms with Crippen molar-refractivity contribution in [1.82, 2.24) is 19.4 Å². The number of nitrogens with one attached hydrogen (secondary N) is 1. The molecular weight excluding hydrogens is 618 g/mol. The molecule has 0 atom stereocenters. The smallest absolute Gasteiger partial charge is 0.267 e. The van der Waals surface area contributed by atoms with E-state index in [1.165, 1.54) is 23.9 Å². The van der Waals surface area contributed by atoms with Crippen LogP contribution in [0.15, 0.2) is 82.6 Å². The zero-order chi connectivity index (χ0) is 32.6. The third kappa shape index (κ3) is 5.86. The lowest BCUT2D eigenvalue weighted by Gasteiger charge is -2.26. The van der Waals surface area contributed by atoms with Crippen molar-refractivity contribution >= 4 is 38.5 Å². The van der Waals surface area contributed by atoms with Gasteiger partial charge in [0.25, 0.3) is 21.5 Å². The summed E-state index contributed by atoms with van der Waals surface area (Å²) in [6.45, 7) is 1.36. The highest BCUT2D eigenvalue weighted by atomic mass is 32.2. The monoisotopic (exact) mass is 646 g/mol. The van der Waals surface area contributed by atoms with Gasteiger partial charge in [-0.25, -0.2) is 31.7 Å². The van der Waals surface area contributed by atoms with Crippen molar-refractivity contribution in [2.45, 2.75) is 24.2 Å². The number of fused-ring (bicyclic) bond motifs is 1. The Bertz CT molecular complexity index is 2170. The second-order valence-corrected chi connectivity index (χ2v) is 12.4. The first kappa shape index (κ1) is 30.6. The van der Waals surface area contributed by atoms with E-state index in [2.05, 4.69) is 14.7 Å². The van der Waals surface area contributed by atoms with Crippen LogP contribution < -0.4 is 20.8 Å². The molecule has 0 saturated carbocycles. The van der Waals surface area contributed by atoms with Gasteiger partial charge in [0.05, 0.1) is 23.7 Å². The largest absolute Gasteiger partial charge is 0.480 e. The second-order valence-electron chi connectivity index (χ2n) is 10.7. The Labute approximate surface area is 262 Å². The number of halogens is 2. The molecule has 1 fully saturated rings. The van der Waals surface area contributed by atoms with Crippen LogP contribution in [0.1, 0.15) is 29.6 Å². The number of hydrogen-bond donors (Lipinski definition) is 2. The minimum atomic E-state index is -4.51. The molecule has 1 saturated heterocycles. The van der Waals surface area contributed by atoms with E-state index in [1.807, 2.05) is 0 Å². The van der Waals surface area contributed by atoms with Gasteiger partial charge in [-0.3, -0.25) is 14.3 Å². The van der Waals surface area contributed by atoms with Crippen LogP contribution in [-0.4, -0.2) is 54.0 Å². The average molecular weight is 647 g/mol. The predicted molar refractivity (Wildman–Crippen MR) is 168 cm³/mol. The first-order valence-electron chi connectivity index (χ1n) is 14.3. The van der Waals surface area contributed by atoms with Gasteiger partial charge in [0, 0.05) is 36.5 Å². The summed E-state index contributed by atoms with van der Waals surface area (Å²) in [6, 6.07) is 15.0. The third-order valence-electron chi connectivity index (χ3n) is 7.69. The number of methoxy groups -OCH3 is 1. The molecule has 6 rings (SSSR count). The summed E-state index contributed by atoms with van der Waals surface area (Å²) in [6.07, 6.45) is 4.38. The molecule has 0 spiro atoms. The number of nitrogen functional groups attached to an aromatic ring is 1. The van der Waals surface area contributed by atoms with Crippen molar-refractivity contribution in [3.05, 3.63) is 100 Å². The number of rotatable bonds is 7. The van der Waals surface area contributed by atoms with E-state index in [9.17, 15) is 26.8 Å². The van der Waals surface area contributed by atoms with Crippen molar-refractivity contribution in [3.63, 3.8) is 0 Å². The molecule has 5 aromatic rings. The number of nitrogens with two attached hydrogens (primary N) is 1. The highest BCUT2D eigenvalue weighted by Gasteiger charge is 2.23. The number of likely N-dealkylation sites (tertiary alicyclic amines) is 1. The summed E-state index contributed by atoms with van der Waals surface area (Å²) < 4.78 is 62.4. The molecule has 46 heavy (non-hydrogen) atoms. The molecular formula is C32H28F2N6O5S. The Hall–Kier alpha value is -5.37. The van der Waals surface area contributed by atoms with Crippen LogP contribution >= 0.6 is 0 Å². The molecule has 2 aromatic heterocycles. The van der Waals surface area contributed by atoms with Crippen LogP contribution in [0.5, 0.6) is 5.88 Å². The Morgan fingerprint density at radius 3 is 2.50 bits per heavy atom. The number of aromatic nitrogens is 3. The van der Waals surface area contributed by atoms with Gasteiger partial charge in [-0.2, -0.15) is 0 Å². The van der Waals surface area contributed by atoms with Gasteiger partial charge in [-0.15, -0.1) is 0 Å². The zero-order valence-electron chi connectivity index (χ0n) is 24.5. The Morgan fingerprint density at radius 2 is 1.76 bits per heavy atom. The number of hydrogen-bond acceptors (Lipinski definition) is 8. The molecule has 14 heteroatoms. The van der Waals surface area contributed by atoms with E-state index in [1.54, 1.807) is 47.4 Å². The molecule has 11 nitrogen and oxygen atoms in total. The zero-order valence-corrected chi connectivity index (χ0v) is 25.4. The van der Waals surface area contributed by atoms with Crippen molar-refractivity contribution in [2.24, 2.45) is 0 Å². The number of nitrogens with zero attached hydrogens (tertiary/aromatic N) is 4. The van der Waals surface area contributed by atoms with Crippen LogP contribution in [0.4, 0.5) is 20.4 Å². The van der Waals surface area contributed by atoms with Crippen molar-refractivity contribution in [2.75, 3.05) is 30.7 Å². The maximum Gasteiger partial charge on any atom is 0.267 e. The van der Waals surface area contributed by atoms with Gasteiger partial charge in [0.2, 0.25) is 11.8 Å². The summed E-state index contributed by atoms with van der Waals surface area (Å²) in [4.78, 5) is 36.6. The number of benzene rings is 3. The number of pyridine rings is 1. The molecule has 3 aromatic carbocycles. The van der Waals surface area contributed by atoms with Crippen LogP contribution in [0, 0.1) is 11.6 Å². The van der Waals surface area contributed by atoms with Crippen LogP contribution in [-0.2, 0) is 10.0 Å². The van der Waals surface area contributed by atoms with E-state index in [0.717, 1.165) is 31.4 Å². The molecule has 1 aliphatic heterocycles. The molecule has 1 amide bonds. The molecule has 0 aliphatic carbocycles. The van der Waals surface area contributed by atoms with E-state index < -0.39 is 32.1 Å². The van der Waals surface area contributed by atoms with E-state index in [0.29, 0.717) is 47.1 Å². The number of carbonyl (C=O) groups is 1. The standard InChI is InChI=1S/C32H28F2N6O5S/c1-45-29-27(38-46(43,44)28-11-9-22(33)17-25(28)34)16-21(18-36-29)19-8-10-26-24(15-19)31(42)40(32(35)37-26)23-7-5-6-20(14-23)30(41)39-12-3-2-4-13-39/h5-11,14-18,38H,2-4,12-13H2,1H3,(H2,35,37). The number of piperidine rings is 1. The maximum atomic E-state index is 14.3. The number of ether oxygens (including phenoxy) is 1. The normalized spacial score (nSPS) is 13.5. The molecule has 0 bridgehead atoms. The predicted octanol–water partition coefficient (Wildman–Crippen LogP) is 4.74. The van der Waals surface area contributed by atoms with Crippen molar-refractivity contribution < 1.29 is 26.7 Å². The molecule has 0 radical (unpaired) electrons. The Balaban J connectivity index is 1.38. The van der Waals surface area contributed by atoms with E-state index in [-0.39, 0.29) is 28.8 Å². The van der Waals surface area contributed by atoms with Crippen LogP contribution in [0.25, 0.3) is 27.7 Å². The number of amides is 1. The lowest BCUT2D eigenvalue weighted by molar-refractivity contribution is 0.0724. The molecule has 3 N–H and O–H groups in total. The number of sulfonamides is 1. The summed E-state index contributed by atoms with van der Waals surface area (Å²) in [5, 5.41) is 0.200. The Morgan fingerprint density at radius 1 is 0.978 bits per heavy atom. The highest BCUT2D eigenvalue weighted by molar-refractivity contribution is 7.92. The molecule has 3 heterocycles. The molecule has 1 aliphatic rings. The number of anilines is 2. The number of carbonyl (C=O) groups excluding carboxylic acids is 1. The fourth-order valence-electron chi connectivity index (χ4n) is 5.43. The minimum absolute atomic E-state index is 0.0661. The summed E-state index contributed by atoms with van der Waals surface area (Å²) >= 11 is 0. The first-order valence-corrected chi connectivity index (χ1v) is 15.8. The van der Waals surface area contributed by atoms with Gasteiger partial charge in [0.15, 0.2) is 0 Å². The fraction of sp³-hybridized carbons (Fsp3) is 0.188. The fourth-order valence-corrected chi connectivity index (χ4v) is 6.54. The summed E-state index contributed by atoms with van der Waals surface area (Å²) in [5.74, 6) is -2.49. The van der Waals surface area contributed by atoms with Crippen molar-refractivity contribution in [3.8, 4) is 22.7 Å². The first-order chi connectivity index (χ1) is 22.1. The summed E-state index contributed by atoms with van der Waals surface area (Å²) in [7, 11) is -3.23. The topological polar surface area (TPSA) is 150 Å². The van der Waals surface area contributed by atoms with Gasteiger partial charge >= 0.3 is 0 Å². The molecule has 0 unspecified atom stereocenters. The van der Waals surface area contributed by atoms with E-state index >= 15 is 0 Å². The van der Waals surface area contributed by atoms with E-state index in [4.69, 9.17) is 10.5 Å². The SMILES string of the molecule is COc1ncc(-c2ccc3nc(N)n(-c4cccc(C(=O)N5CCCCC5)c4)c(=O)c3c2)cc1NS(=O)(=O)c1ccc(F)cc1F. The molecule has 236 valence electrons. The summed E-state index contributed by atoms with van der Waals surface area (Å²) in [5.41, 5.74) is 7.61. The van der Waals surface area contributed by atoms with Gasteiger partial charge in [-0.1, -0.05) is 12.1 Å².